The summed E-state index contributed by atoms with van der Waals surface area (Å²) >= 11 is 0. The molecule has 4 heteroatoms. The maximum Gasteiger partial charge on any atom is 0.165 e. The highest BCUT2D eigenvalue weighted by atomic mass is 16.1. The van der Waals surface area contributed by atoms with Gasteiger partial charge in [0.15, 0.2) is 5.78 Å². The molecule has 0 atom stereocenters. The van der Waals surface area contributed by atoms with Gasteiger partial charge in [-0.2, -0.15) is 5.10 Å². The van der Waals surface area contributed by atoms with E-state index in [1.165, 1.54) is 26.2 Å². The Hall–Kier alpha value is -1.32. The van der Waals surface area contributed by atoms with Crippen molar-refractivity contribution < 1.29 is 4.79 Å². The summed E-state index contributed by atoms with van der Waals surface area (Å²) in [5.41, 5.74) is 6.47. The third-order valence-corrected chi connectivity index (χ3v) is 3.13. The molecule has 0 aromatic carbocycles. The van der Waals surface area contributed by atoms with E-state index >= 15 is 0 Å². The molecule has 0 unspecified atom stereocenters. The van der Waals surface area contributed by atoms with E-state index in [0.717, 1.165) is 12.8 Å². The molecule has 15 heavy (non-hydrogen) atoms. The predicted molar refractivity (Wildman–Crippen MR) is 58.8 cm³/mol. The zero-order valence-electron chi connectivity index (χ0n) is 9.07. The van der Waals surface area contributed by atoms with E-state index in [9.17, 15) is 4.79 Å². The van der Waals surface area contributed by atoms with Gasteiger partial charge in [0.25, 0.3) is 0 Å². The molecule has 1 saturated carbocycles. The van der Waals surface area contributed by atoms with E-state index in [2.05, 4.69) is 5.10 Å². The van der Waals surface area contributed by atoms with Crippen LogP contribution in [0.25, 0.3) is 0 Å². The molecule has 2 N–H and O–H groups in total. The molecule has 2 rings (SSSR count). The van der Waals surface area contributed by atoms with E-state index in [1.807, 2.05) is 4.68 Å². The summed E-state index contributed by atoms with van der Waals surface area (Å²) in [5, 5.41) is 4.23. The van der Waals surface area contributed by atoms with Gasteiger partial charge in [0.1, 0.15) is 5.82 Å². The van der Waals surface area contributed by atoms with Crippen LogP contribution in [0.3, 0.4) is 0 Å². The smallest absolute Gasteiger partial charge is 0.165 e. The van der Waals surface area contributed by atoms with Crippen molar-refractivity contribution >= 4 is 11.6 Å². The first-order chi connectivity index (χ1) is 7.20. The van der Waals surface area contributed by atoms with Crippen LogP contribution in [0.15, 0.2) is 6.20 Å². The molecule has 0 amide bonds. The van der Waals surface area contributed by atoms with Crippen molar-refractivity contribution in [1.29, 1.82) is 0 Å². The number of nitrogen functional groups attached to an aromatic ring is 1. The van der Waals surface area contributed by atoms with Crippen LogP contribution >= 0.6 is 0 Å². The minimum absolute atomic E-state index is 0.00504. The number of hydrogen-bond acceptors (Lipinski definition) is 3. The molecule has 0 radical (unpaired) electrons. The van der Waals surface area contributed by atoms with Crippen LogP contribution in [-0.4, -0.2) is 15.6 Å². The molecule has 1 fully saturated rings. The molecule has 1 aliphatic rings. The Kier molecular flexibility index (Phi) is 2.75. The first kappa shape index (κ1) is 10.2. The number of carbonyl (C=O) groups is 1. The van der Waals surface area contributed by atoms with Crippen molar-refractivity contribution in [2.75, 3.05) is 5.73 Å². The molecule has 0 saturated heterocycles. The molecule has 1 heterocycles. The minimum atomic E-state index is -0.00504. The van der Waals surface area contributed by atoms with Crippen LogP contribution in [0.4, 0.5) is 5.82 Å². The monoisotopic (exact) mass is 207 g/mol. The summed E-state index contributed by atoms with van der Waals surface area (Å²) < 4.78 is 1.83. The van der Waals surface area contributed by atoms with Gasteiger partial charge in [-0.1, -0.05) is 19.3 Å². The van der Waals surface area contributed by atoms with E-state index in [1.54, 1.807) is 6.20 Å². The Bertz CT molecular complexity index is 364. The Labute approximate surface area is 89.5 Å². The van der Waals surface area contributed by atoms with Crippen LogP contribution < -0.4 is 5.73 Å². The van der Waals surface area contributed by atoms with Crippen LogP contribution in [0, 0.1) is 0 Å². The summed E-state index contributed by atoms with van der Waals surface area (Å²) in [6.07, 6.45) is 7.62. The number of nitrogens with zero attached hydrogens (tertiary/aromatic N) is 2. The lowest BCUT2D eigenvalue weighted by Gasteiger charge is -2.22. The summed E-state index contributed by atoms with van der Waals surface area (Å²) in [6.45, 7) is 1.53. The van der Waals surface area contributed by atoms with E-state index < -0.39 is 0 Å². The molecule has 1 aromatic heterocycles. The van der Waals surface area contributed by atoms with Crippen LogP contribution in [0.1, 0.15) is 55.4 Å². The Balaban J connectivity index is 2.24. The van der Waals surface area contributed by atoms with E-state index in [0.29, 0.717) is 17.4 Å². The summed E-state index contributed by atoms with van der Waals surface area (Å²) in [7, 11) is 0. The lowest BCUT2D eigenvalue weighted by molar-refractivity contribution is 0.101. The van der Waals surface area contributed by atoms with Gasteiger partial charge in [-0.3, -0.25) is 4.79 Å². The number of nitrogens with two attached hydrogens (primary N) is 1. The normalized spacial score (nSPS) is 17.9. The van der Waals surface area contributed by atoms with E-state index in [4.69, 9.17) is 5.73 Å². The van der Waals surface area contributed by atoms with Gasteiger partial charge < -0.3 is 5.73 Å². The van der Waals surface area contributed by atoms with Crippen LogP contribution in [0.5, 0.6) is 0 Å². The zero-order valence-corrected chi connectivity index (χ0v) is 9.07. The molecule has 0 bridgehead atoms. The van der Waals surface area contributed by atoms with E-state index in [-0.39, 0.29) is 5.78 Å². The van der Waals surface area contributed by atoms with Crippen molar-refractivity contribution in [2.24, 2.45) is 0 Å². The fourth-order valence-corrected chi connectivity index (χ4v) is 2.26. The zero-order chi connectivity index (χ0) is 10.8. The second-order valence-electron chi connectivity index (χ2n) is 4.24. The van der Waals surface area contributed by atoms with Gasteiger partial charge in [-0.05, 0) is 19.8 Å². The molecule has 1 aromatic rings. The van der Waals surface area contributed by atoms with Crippen molar-refractivity contribution in [2.45, 2.75) is 45.1 Å². The summed E-state index contributed by atoms with van der Waals surface area (Å²) in [5.74, 6) is 0.531. The van der Waals surface area contributed by atoms with Gasteiger partial charge in [0.2, 0.25) is 0 Å². The first-order valence-electron chi connectivity index (χ1n) is 5.54. The van der Waals surface area contributed by atoms with Gasteiger partial charge in [-0.25, -0.2) is 4.68 Å². The SMILES string of the molecule is CC(=O)c1cnn(C2CCCCC2)c1N. The third kappa shape index (κ3) is 1.89. The van der Waals surface area contributed by atoms with Crippen molar-refractivity contribution in [1.82, 2.24) is 9.78 Å². The molecule has 0 aliphatic heterocycles. The lowest BCUT2D eigenvalue weighted by atomic mass is 9.95. The number of aromatic nitrogens is 2. The maximum absolute atomic E-state index is 11.2. The Morgan fingerprint density at radius 1 is 1.47 bits per heavy atom. The minimum Gasteiger partial charge on any atom is -0.383 e. The van der Waals surface area contributed by atoms with Gasteiger partial charge >= 0.3 is 0 Å². The van der Waals surface area contributed by atoms with Gasteiger partial charge in [0.05, 0.1) is 17.8 Å². The molecule has 4 nitrogen and oxygen atoms in total. The summed E-state index contributed by atoms with van der Waals surface area (Å²) in [4.78, 5) is 11.2. The lowest BCUT2D eigenvalue weighted by Crippen LogP contribution is -2.16. The largest absolute Gasteiger partial charge is 0.383 e. The average Bonchev–Trinajstić information content (AvgIpc) is 2.61. The Morgan fingerprint density at radius 3 is 2.67 bits per heavy atom. The van der Waals surface area contributed by atoms with Crippen LogP contribution in [-0.2, 0) is 0 Å². The maximum atomic E-state index is 11.2. The highest BCUT2D eigenvalue weighted by molar-refractivity contribution is 5.98. The molecule has 0 spiro atoms. The standard InChI is InChI=1S/C11H17N3O/c1-8(15)10-7-13-14(11(10)12)9-5-3-2-4-6-9/h7,9H,2-6,12H2,1H3. The number of ketones is 1. The van der Waals surface area contributed by atoms with Crippen molar-refractivity contribution in [3.8, 4) is 0 Å². The molecule has 1 aliphatic carbocycles. The number of rotatable bonds is 2. The number of anilines is 1. The number of Topliss-reactive ketones (excluding diaryl/α,β-unsaturated/α-hetero) is 1. The highest BCUT2D eigenvalue weighted by Gasteiger charge is 2.20. The molecule has 82 valence electrons. The van der Waals surface area contributed by atoms with Gasteiger partial charge in [-0.15, -0.1) is 0 Å². The van der Waals surface area contributed by atoms with Crippen molar-refractivity contribution in [3.63, 3.8) is 0 Å². The molecular weight excluding hydrogens is 190 g/mol. The topological polar surface area (TPSA) is 60.9 Å². The fraction of sp³-hybridized carbons (Fsp3) is 0.636. The average molecular weight is 207 g/mol. The number of carbonyl (C=O) groups excluding carboxylic acids is 1. The second kappa shape index (κ2) is 4.04. The predicted octanol–water partition coefficient (Wildman–Crippen LogP) is 2.17. The highest BCUT2D eigenvalue weighted by Crippen LogP contribution is 2.30. The first-order valence-corrected chi connectivity index (χ1v) is 5.54. The second-order valence-corrected chi connectivity index (χ2v) is 4.24. The van der Waals surface area contributed by atoms with Crippen LogP contribution in [0.2, 0.25) is 0 Å². The third-order valence-electron chi connectivity index (χ3n) is 3.13. The molecular formula is C11H17N3O. The fourth-order valence-electron chi connectivity index (χ4n) is 2.26. The Morgan fingerprint density at radius 2 is 2.13 bits per heavy atom. The number of hydrogen-bond donors (Lipinski definition) is 1. The summed E-state index contributed by atoms with van der Waals surface area (Å²) in [6, 6.07) is 0.395. The van der Waals surface area contributed by atoms with Crippen molar-refractivity contribution in [3.05, 3.63) is 11.8 Å². The quantitative estimate of drug-likeness (QED) is 0.756. The van der Waals surface area contributed by atoms with Gasteiger partial charge in [0, 0.05) is 0 Å².